The van der Waals surface area contributed by atoms with E-state index in [4.69, 9.17) is 0 Å². The standard InChI is InChI=1S/C18H18N2O4/c1-18(22)9-10-19(12-18)15-8-7-14(11-16(15)20(23)24)17(21)13-5-3-2-4-6-13/h2-8,11,22H,9-10,12H2,1H3. The van der Waals surface area contributed by atoms with Crippen LogP contribution in [0.2, 0.25) is 0 Å². The van der Waals surface area contributed by atoms with Crippen molar-refractivity contribution in [1.29, 1.82) is 0 Å². The van der Waals surface area contributed by atoms with Crippen LogP contribution in [-0.2, 0) is 0 Å². The number of carbonyl (C=O) groups excluding carboxylic acids is 1. The summed E-state index contributed by atoms with van der Waals surface area (Å²) in [7, 11) is 0. The molecule has 1 fully saturated rings. The van der Waals surface area contributed by atoms with Crippen LogP contribution in [0.5, 0.6) is 0 Å². The van der Waals surface area contributed by atoms with Crippen LogP contribution >= 0.6 is 0 Å². The van der Waals surface area contributed by atoms with Gasteiger partial charge in [0.2, 0.25) is 0 Å². The molecule has 1 aliphatic heterocycles. The van der Waals surface area contributed by atoms with Crippen molar-refractivity contribution < 1.29 is 14.8 Å². The molecule has 1 saturated heterocycles. The maximum Gasteiger partial charge on any atom is 0.293 e. The van der Waals surface area contributed by atoms with Crippen LogP contribution in [0.25, 0.3) is 0 Å². The third-order valence-electron chi connectivity index (χ3n) is 4.26. The van der Waals surface area contributed by atoms with Crippen molar-refractivity contribution in [3.05, 3.63) is 69.8 Å². The fourth-order valence-electron chi connectivity index (χ4n) is 2.99. The number of carbonyl (C=O) groups is 1. The first kappa shape index (κ1) is 16.1. The molecule has 3 rings (SSSR count). The maximum absolute atomic E-state index is 12.5. The quantitative estimate of drug-likeness (QED) is 0.530. The fourth-order valence-corrected chi connectivity index (χ4v) is 2.99. The van der Waals surface area contributed by atoms with E-state index in [0.717, 1.165) is 0 Å². The van der Waals surface area contributed by atoms with Crippen LogP contribution in [0, 0.1) is 10.1 Å². The van der Waals surface area contributed by atoms with Gasteiger partial charge in [0.1, 0.15) is 5.69 Å². The summed E-state index contributed by atoms with van der Waals surface area (Å²) in [4.78, 5) is 25.2. The van der Waals surface area contributed by atoms with Crippen molar-refractivity contribution in [2.45, 2.75) is 18.9 Å². The van der Waals surface area contributed by atoms with E-state index >= 15 is 0 Å². The van der Waals surface area contributed by atoms with E-state index in [9.17, 15) is 20.0 Å². The van der Waals surface area contributed by atoms with Gasteiger partial charge in [-0.2, -0.15) is 0 Å². The van der Waals surface area contributed by atoms with Gasteiger partial charge < -0.3 is 10.0 Å². The molecule has 0 saturated carbocycles. The van der Waals surface area contributed by atoms with E-state index in [1.165, 1.54) is 6.07 Å². The Hall–Kier alpha value is -2.73. The van der Waals surface area contributed by atoms with Crippen molar-refractivity contribution in [3.8, 4) is 0 Å². The van der Waals surface area contributed by atoms with Crippen molar-refractivity contribution in [2.75, 3.05) is 18.0 Å². The first-order chi connectivity index (χ1) is 11.4. The van der Waals surface area contributed by atoms with Gasteiger partial charge in [0.25, 0.3) is 5.69 Å². The minimum absolute atomic E-state index is 0.116. The van der Waals surface area contributed by atoms with Gasteiger partial charge in [0, 0.05) is 30.3 Å². The van der Waals surface area contributed by atoms with E-state index in [1.54, 1.807) is 48.2 Å². The topological polar surface area (TPSA) is 83.7 Å². The van der Waals surface area contributed by atoms with Crippen molar-refractivity contribution in [3.63, 3.8) is 0 Å². The van der Waals surface area contributed by atoms with Gasteiger partial charge in [0.15, 0.2) is 5.78 Å². The number of hydrogen-bond donors (Lipinski definition) is 1. The molecule has 1 aliphatic rings. The average molecular weight is 326 g/mol. The Labute approximate surface area is 139 Å². The van der Waals surface area contributed by atoms with Crippen LogP contribution in [0.4, 0.5) is 11.4 Å². The van der Waals surface area contributed by atoms with Crippen LogP contribution < -0.4 is 4.90 Å². The second-order valence-electron chi connectivity index (χ2n) is 6.32. The molecule has 124 valence electrons. The minimum atomic E-state index is -0.855. The van der Waals surface area contributed by atoms with E-state index in [2.05, 4.69) is 0 Å². The molecule has 0 aromatic heterocycles. The molecular formula is C18H18N2O4. The largest absolute Gasteiger partial charge is 0.388 e. The lowest BCUT2D eigenvalue weighted by molar-refractivity contribution is -0.384. The number of ketones is 1. The first-order valence-electron chi connectivity index (χ1n) is 7.73. The molecule has 0 bridgehead atoms. The smallest absolute Gasteiger partial charge is 0.293 e. The Bertz CT molecular complexity index is 787. The summed E-state index contributed by atoms with van der Waals surface area (Å²) in [5, 5.41) is 21.5. The number of β-amino-alcohol motifs (C(OH)–C–C–N with tert-alkyl or cyclic N) is 1. The molecule has 0 aliphatic carbocycles. The predicted octanol–water partition coefficient (Wildman–Crippen LogP) is 2.79. The zero-order valence-electron chi connectivity index (χ0n) is 13.3. The molecule has 6 heteroatoms. The number of nitro groups is 1. The molecule has 1 N–H and O–H groups in total. The van der Waals surface area contributed by atoms with Crippen molar-refractivity contribution >= 4 is 17.2 Å². The molecule has 1 heterocycles. The minimum Gasteiger partial charge on any atom is -0.388 e. The number of hydrogen-bond acceptors (Lipinski definition) is 5. The molecule has 1 atom stereocenters. The molecule has 24 heavy (non-hydrogen) atoms. The molecule has 0 amide bonds. The van der Waals surface area contributed by atoms with Gasteiger partial charge in [0.05, 0.1) is 10.5 Å². The van der Waals surface area contributed by atoms with E-state index in [0.29, 0.717) is 30.8 Å². The fraction of sp³-hybridized carbons (Fsp3) is 0.278. The number of aliphatic hydroxyl groups is 1. The number of benzene rings is 2. The van der Waals surface area contributed by atoms with Crippen molar-refractivity contribution in [2.24, 2.45) is 0 Å². The third kappa shape index (κ3) is 3.14. The van der Waals surface area contributed by atoms with Crippen molar-refractivity contribution in [1.82, 2.24) is 0 Å². The number of nitro benzene ring substituents is 1. The lowest BCUT2D eigenvalue weighted by atomic mass is 10.0. The molecule has 2 aromatic rings. The molecule has 0 radical (unpaired) electrons. The van der Waals surface area contributed by atoms with Crippen LogP contribution in [0.3, 0.4) is 0 Å². The Morgan fingerprint density at radius 3 is 2.50 bits per heavy atom. The summed E-state index contributed by atoms with van der Waals surface area (Å²) in [6.07, 6.45) is 0.550. The first-order valence-corrected chi connectivity index (χ1v) is 7.73. The Balaban J connectivity index is 1.97. The average Bonchev–Trinajstić information content (AvgIpc) is 2.94. The van der Waals surface area contributed by atoms with E-state index in [-0.39, 0.29) is 17.0 Å². The summed E-state index contributed by atoms with van der Waals surface area (Å²) in [6, 6.07) is 13.2. The summed E-state index contributed by atoms with van der Waals surface area (Å²) in [5.74, 6) is -0.251. The lowest BCUT2D eigenvalue weighted by Gasteiger charge is -2.20. The predicted molar refractivity (Wildman–Crippen MR) is 90.4 cm³/mol. The SMILES string of the molecule is CC1(O)CCN(c2ccc(C(=O)c3ccccc3)cc2[N+](=O)[O-])C1. The number of rotatable bonds is 4. The molecular weight excluding hydrogens is 308 g/mol. The third-order valence-corrected chi connectivity index (χ3v) is 4.26. The number of nitrogens with zero attached hydrogens (tertiary/aromatic N) is 2. The summed E-state index contributed by atoms with van der Waals surface area (Å²) >= 11 is 0. The zero-order chi connectivity index (χ0) is 17.3. The normalized spacial score (nSPS) is 20.2. The highest BCUT2D eigenvalue weighted by molar-refractivity contribution is 6.09. The lowest BCUT2D eigenvalue weighted by Crippen LogP contribution is -2.29. The molecule has 0 spiro atoms. The van der Waals surface area contributed by atoms with Crippen LogP contribution in [0.15, 0.2) is 48.5 Å². The summed E-state index contributed by atoms with van der Waals surface area (Å²) in [6.45, 7) is 2.59. The monoisotopic (exact) mass is 326 g/mol. The second-order valence-corrected chi connectivity index (χ2v) is 6.32. The zero-order valence-corrected chi connectivity index (χ0v) is 13.3. The Morgan fingerprint density at radius 1 is 1.21 bits per heavy atom. The van der Waals surface area contributed by atoms with Gasteiger partial charge in [-0.1, -0.05) is 30.3 Å². The summed E-state index contributed by atoms with van der Waals surface area (Å²) < 4.78 is 0. The molecule has 6 nitrogen and oxygen atoms in total. The Kier molecular flexibility index (Phi) is 4.07. The molecule has 2 aromatic carbocycles. The Morgan fingerprint density at radius 2 is 1.92 bits per heavy atom. The molecule has 1 unspecified atom stereocenters. The number of anilines is 1. The van der Waals surface area contributed by atoms with Gasteiger partial charge in [-0.15, -0.1) is 0 Å². The maximum atomic E-state index is 12.5. The highest BCUT2D eigenvalue weighted by atomic mass is 16.6. The van der Waals surface area contributed by atoms with Gasteiger partial charge in [-0.05, 0) is 25.5 Å². The van der Waals surface area contributed by atoms with E-state index < -0.39 is 10.5 Å². The van der Waals surface area contributed by atoms with Gasteiger partial charge in [-0.25, -0.2) is 0 Å². The van der Waals surface area contributed by atoms with E-state index in [1.807, 2.05) is 6.07 Å². The van der Waals surface area contributed by atoms with Crippen LogP contribution in [0.1, 0.15) is 29.3 Å². The second kappa shape index (κ2) is 6.05. The van der Waals surface area contributed by atoms with Gasteiger partial charge >= 0.3 is 0 Å². The highest BCUT2D eigenvalue weighted by Gasteiger charge is 2.34. The van der Waals surface area contributed by atoms with Gasteiger partial charge in [-0.3, -0.25) is 14.9 Å². The highest BCUT2D eigenvalue weighted by Crippen LogP contribution is 2.34. The summed E-state index contributed by atoms with van der Waals surface area (Å²) in [5.41, 5.74) is 0.231. The van der Waals surface area contributed by atoms with Crippen LogP contribution in [-0.4, -0.2) is 34.5 Å².